The molecule has 0 N–H and O–H groups in total. The molecule has 5 aromatic rings. The Morgan fingerprint density at radius 2 is 1.70 bits per heavy atom. The summed E-state index contributed by atoms with van der Waals surface area (Å²) in [5.74, 6) is -0.208. The maximum Gasteiger partial charge on any atom is 0.404 e. The summed E-state index contributed by atoms with van der Waals surface area (Å²) in [6, 6.07) is 18.0. The molecule has 1 amide bonds. The van der Waals surface area contributed by atoms with E-state index in [1.54, 1.807) is 16.5 Å². The number of alkyl halides is 1. The molecule has 1 unspecified atom stereocenters. The van der Waals surface area contributed by atoms with Gasteiger partial charge in [0, 0.05) is 61.6 Å². The third-order valence-electron chi connectivity index (χ3n) is 8.70. The van der Waals surface area contributed by atoms with Gasteiger partial charge in [-0.15, -0.1) is 0 Å². The highest BCUT2D eigenvalue weighted by Gasteiger charge is 2.39. The first kappa shape index (κ1) is 29.9. The van der Waals surface area contributed by atoms with Gasteiger partial charge in [0.05, 0.1) is 10.9 Å². The van der Waals surface area contributed by atoms with Gasteiger partial charge in [-0.25, -0.2) is 13.1 Å². The van der Waals surface area contributed by atoms with E-state index in [-0.39, 0.29) is 46.6 Å². The highest BCUT2D eigenvalue weighted by atomic mass is 32.2. The van der Waals surface area contributed by atoms with Crippen molar-refractivity contribution < 1.29 is 27.1 Å². The van der Waals surface area contributed by atoms with E-state index in [0.29, 0.717) is 36.0 Å². The fraction of sp³-hybridized carbons (Fsp3) is 0.303. The first-order valence-corrected chi connectivity index (χ1v) is 16.5. The number of halogens is 1. The molecular formula is C33H32FN5O6S. The Balaban J connectivity index is 1.25. The molecule has 2 aromatic heterocycles. The largest absolute Gasteiger partial charge is 0.423 e. The minimum absolute atomic E-state index is 0.00814. The number of hydrogen-bond donors (Lipinski definition) is 0. The molecule has 1 fully saturated rings. The molecule has 1 saturated heterocycles. The minimum Gasteiger partial charge on any atom is -0.423 e. The molecule has 2 aliphatic heterocycles. The van der Waals surface area contributed by atoms with Crippen molar-refractivity contribution >= 4 is 43.4 Å². The quantitative estimate of drug-likeness (QED) is 0.255. The topological polar surface area (TPSA) is 116 Å². The number of nitrogens with zero attached hydrogens (tertiary/aromatic N) is 5. The van der Waals surface area contributed by atoms with Gasteiger partial charge in [-0.1, -0.05) is 36.4 Å². The molecule has 46 heavy (non-hydrogen) atoms. The Kier molecular flexibility index (Phi) is 7.13. The van der Waals surface area contributed by atoms with Gasteiger partial charge < -0.3 is 18.9 Å². The van der Waals surface area contributed by atoms with Gasteiger partial charge in [0.15, 0.2) is 17.2 Å². The van der Waals surface area contributed by atoms with E-state index < -0.39 is 22.1 Å². The Morgan fingerprint density at radius 1 is 1.02 bits per heavy atom. The maximum absolute atomic E-state index is 14.3. The van der Waals surface area contributed by atoms with Crippen LogP contribution >= 0.6 is 0 Å². The van der Waals surface area contributed by atoms with Gasteiger partial charge in [-0.2, -0.15) is 13.8 Å². The monoisotopic (exact) mass is 645 g/mol. The van der Waals surface area contributed by atoms with Crippen LogP contribution in [0.2, 0.25) is 0 Å². The van der Waals surface area contributed by atoms with E-state index in [0.717, 1.165) is 17.8 Å². The summed E-state index contributed by atoms with van der Waals surface area (Å²) < 4.78 is 55.9. The SMILES string of the molecule is CCN(C(=O)c1nn(C2CCN(S(=O)(=O)c3ccc4c(c3)OC(C)(F)O4)CC2)c(=O)c2c1c1ccccc1n2C)c1ccccc1. The molecule has 0 spiro atoms. The normalized spacial score (nSPS) is 18.8. The predicted molar refractivity (Wildman–Crippen MR) is 171 cm³/mol. The lowest BCUT2D eigenvalue weighted by Gasteiger charge is -2.32. The summed E-state index contributed by atoms with van der Waals surface area (Å²) in [5, 5.41) is 5.99. The Labute approximate surface area is 264 Å². The Bertz CT molecular complexity index is 2170. The molecule has 13 heteroatoms. The highest BCUT2D eigenvalue weighted by molar-refractivity contribution is 7.89. The van der Waals surface area contributed by atoms with Gasteiger partial charge in [0.1, 0.15) is 5.52 Å². The molecular weight excluding hydrogens is 613 g/mol. The van der Waals surface area contributed by atoms with Crippen LogP contribution in [0.3, 0.4) is 0 Å². The molecule has 11 nitrogen and oxygen atoms in total. The summed E-state index contributed by atoms with van der Waals surface area (Å²) in [6.07, 6.45) is 0.580. The number of anilines is 1. The molecule has 0 saturated carbocycles. The number of carbonyl (C=O) groups is 1. The molecule has 0 radical (unpaired) electrons. The lowest BCUT2D eigenvalue weighted by Crippen LogP contribution is -2.42. The lowest BCUT2D eigenvalue weighted by atomic mass is 10.1. The zero-order valence-corrected chi connectivity index (χ0v) is 26.3. The molecule has 0 bridgehead atoms. The van der Waals surface area contributed by atoms with Crippen molar-refractivity contribution in [3.8, 4) is 11.5 Å². The van der Waals surface area contributed by atoms with Crippen molar-refractivity contribution in [2.45, 2.75) is 43.7 Å². The van der Waals surface area contributed by atoms with Crippen molar-refractivity contribution in [3.63, 3.8) is 0 Å². The number of para-hydroxylation sites is 2. The number of benzene rings is 3. The van der Waals surface area contributed by atoms with Crippen LogP contribution < -0.4 is 19.9 Å². The average molecular weight is 646 g/mol. The van der Waals surface area contributed by atoms with Crippen molar-refractivity contribution in [1.29, 1.82) is 0 Å². The van der Waals surface area contributed by atoms with E-state index in [1.807, 2.05) is 61.5 Å². The van der Waals surface area contributed by atoms with Gasteiger partial charge in [0.2, 0.25) is 10.0 Å². The number of carbonyl (C=O) groups excluding carboxylic acids is 1. The number of hydrogen-bond acceptors (Lipinski definition) is 7. The maximum atomic E-state index is 14.3. The molecule has 0 aliphatic carbocycles. The number of rotatable bonds is 6. The number of amides is 1. The molecule has 4 heterocycles. The Morgan fingerprint density at radius 3 is 2.41 bits per heavy atom. The highest BCUT2D eigenvalue weighted by Crippen LogP contribution is 2.42. The Hall–Kier alpha value is -4.75. The van der Waals surface area contributed by atoms with Crippen molar-refractivity contribution in [2.75, 3.05) is 24.5 Å². The fourth-order valence-electron chi connectivity index (χ4n) is 6.47. The third kappa shape index (κ3) is 4.81. The van der Waals surface area contributed by atoms with Crippen LogP contribution in [0.4, 0.5) is 10.1 Å². The second-order valence-electron chi connectivity index (χ2n) is 11.6. The predicted octanol–water partition coefficient (Wildman–Crippen LogP) is 5.00. The summed E-state index contributed by atoms with van der Waals surface area (Å²) in [7, 11) is -2.16. The van der Waals surface area contributed by atoms with E-state index >= 15 is 0 Å². The van der Waals surface area contributed by atoms with E-state index in [2.05, 4.69) is 0 Å². The summed E-state index contributed by atoms with van der Waals surface area (Å²) in [4.78, 5) is 30.0. The second kappa shape index (κ2) is 11.0. The number of fused-ring (bicyclic) bond motifs is 4. The van der Waals surface area contributed by atoms with Gasteiger partial charge in [-0.3, -0.25) is 9.59 Å². The third-order valence-corrected chi connectivity index (χ3v) is 10.6. The van der Waals surface area contributed by atoms with Crippen LogP contribution in [0.25, 0.3) is 21.8 Å². The minimum atomic E-state index is -3.96. The first-order chi connectivity index (χ1) is 22.0. The number of ether oxygens (including phenoxy) is 2. The zero-order chi connectivity index (χ0) is 32.4. The van der Waals surface area contributed by atoms with Crippen LogP contribution in [-0.2, 0) is 17.1 Å². The van der Waals surface area contributed by atoms with Gasteiger partial charge in [-0.05, 0) is 50.1 Å². The van der Waals surface area contributed by atoms with Crippen molar-refractivity contribution in [3.05, 3.63) is 88.8 Å². The summed E-state index contributed by atoms with van der Waals surface area (Å²) >= 11 is 0. The van der Waals surface area contributed by atoms with Crippen LogP contribution in [0.5, 0.6) is 11.5 Å². The molecule has 1 atom stereocenters. The van der Waals surface area contributed by atoms with E-state index in [4.69, 9.17) is 14.6 Å². The fourth-order valence-corrected chi connectivity index (χ4v) is 7.96. The molecule has 2 aliphatic rings. The van der Waals surface area contributed by atoms with Gasteiger partial charge in [0.25, 0.3) is 11.5 Å². The average Bonchev–Trinajstić information content (AvgIpc) is 3.54. The first-order valence-electron chi connectivity index (χ1n) is 15.1. The standard InChI is InChI=1S/C33H32FN5O6S/c1-4-38(21-10-6-5-7-11-21)31(40)29-28-24-12-8-9-13-25(24)36(3)30(28)32(41)39(35-29)22-16-18-37(19-17-22)46(42,43)23-14-15-26-27(20-23)45-33(2,34)44-26/h5-15,20,22H,4,16-19H2,1-3H3. The molecule has 7 rings (SSSR count). The smallest absolute Gasteiger partial charge is 0.404 e. The zero-order valence-electron chi connectivity index (χ0n) is 25.5. The van der Waals surface area contributed by atoms with Crippen LogP contribution in [0, 0.1) is 0 Å². The van der Waals surface area contributed by atoms with Crippen LogP contribution in [0.15, 0.2) is 82.5 Å². The number of piperidine rings is 1. The van der Waals surface area contributed by atoms with E-state index in [1.165, 1.54) is 27.2 Å². The van der Waals surface area contributed by atoms with E-state index in [9.17, 15) is 22.4 Å². The summed E-state index contributed by atoms with van der Waals surface area (Å²) in [5.41, 5.74) is 1.68. The molecule has 238 valence electrons. The van der Waals surface area contributed by atoms with Crippen molar-refractivity contribution in [2.24, 2.45) is 7.05 Å². The second-order valence-corrected chi connectivity index (χ2v) is 13.5. The van der Waals surface area contributed by atoms with Crippen LogP contribution in [-0.4, -0.2) is 58.7 Å². The van der Waals surface area contributed by atoms with Crippen molar-refractivity contribution in [1.82, 2.24) is 18.7 Å². The number of aromatic nitrogens is 3. The summed E-state index contributed by atoms with van der Waals surface area (Å²) in [6.45, 7) is 3.58. The number of sulfonamides is 1. The molecule has 3 aromatic carbocycles. The van der Waals surface area contributed by atoms with Gasteiger partial charge >= 0.3 is 6.04 Å². The van der Waals surface area contributed by atoms with Crippen LogP contribution in [0.1, 0.15) is 43.2 Å². The number of aryl methyl sites for hydroxylation is 1. The lowest BCUT2D eigenvalue weighted by molar-refractivity contribution is -0.173.